The molecule has 0 saturated heterocycles. The van der Waals surface area contributed by atoms with Crippen LogP contribution in [0.3, 0.4) is 0 Å². The average molecular weight is 302 g/mol. The molecule has 0 heterocycles. The standard InChI is InChI=1S/C12H27O3P.Cr/c1-3-5-7-9-11-15-16(13,14)12-10-8-6-4-2;/h3-12H2,1-2H3,(H,13,14);. The summed E-state index contributed by atoms with van der Waals surface area (Å²) in [5.74, 6) is 0. The van der Waals surface area contributed by atoms with Crippen LogP contribution in [-0.2, 0) is 26.4 Å². The molecule has 0 saturated carbocycles. The van der Waals surface area contributed by atoms with Gasteiger partial charge in [0.1, 0.15) is 0 Å². The minimum absolute atomic E-state index is 0. The first-order chi connectivity index (χ1) is 7.62. The van der Waals surface area contributed by atoms with Crippen LogP contribution in [0, 0.1) is 0 Å². The zero-order chi connectivity index (χ0) is 12.3. The largest absolute Gasteiger partial charge is 0.328 e. The van der Waals surface area contributed by atoms with E-state index in [0.29, 0.717) is 12.8 Å². The first kappa shape index (κ1) is 20.0. The third-order valence-electron chi connectivity index (χ3n) is 2.59. The fraction of sp³-hybridized carbons (Fsp3) is 1.00. The van der Waals surface area contributed by atoms with Crippen LogP contribution in [0.2, 0.25) is 0 Å². The first-order valence-corrected chi connectivity index (χ1v) is 8.35. The molecule has 0 aliphatic heterocycles. The zero-order valence-electron chi connectivity index (χ0n) is 11.2. The number of hydrogen-bond donors (Lipinski definition) is 1. The predicted molar refractivity (Wildman–Crippen MR) is 68.9 cm³/mol. The van der Waals surface area contributed by atoms with E-state index >= 15 is 0 Å². The third-order valence-corrected chi connectivity index (χ3v) is 4.05. The Hall–Kier alpha value is 0.682. The van der Waals surface area contributed by atoms with Gasteiger partial charge in [-0.15, -0.1) is 0 Å². The number of rotatable bonds is 11. The van der Waals surface area contributed by atoms with Crippen LogP contribution in [-0.4, -0.2) is 17.7 Å². The van der Waals surface area contributed by atoms with Crippen molar-refractivity contribution in [3.63, 3.8) is 0 Å². The molecule has 0 bridgehead atoms. The maximum atomic E-state index is 11.5. The van der Waals surface area contributed by atoms with Crippen LogP contribution in [0.5, 0.6) is 0 Å². The Kier molecular flexibility index (Phi) is 15.4. The molecular formula is C12H27CrO3P. The van der Waals surface area contributed by atoms with Crippen LogP contribution in [0.25, 0.3) is 0 Å². The van der Waals surface area contributed by atoms with Gasteiger partial charge in [0.2, 0.25) is 0 Å². The summed E-state index contributed by atoms with van der Waals surface area (Å²) in [6.45, 7) is 4.70. The topological polar surface area (TPSA) is 46.5 Å². The van der Waals surface area contributed by atoms with Crippen molar-refractivity contribution in [1.29, 1.82) is 0 Å². The second-order valence-electron chi connectivity index (χ2n) is 4.32. The van der Waals surface area contributed by atoms with Crippen molar-refractivity contribution in [3.8, 4) is 0 Å². The molecule has 1 atom stereocenters. The van der Waals surface area contributed by atoms with Gasteiger partial charge in [0.15, 0.2) is 0 Å². The van der Waals surface area contributed by atoms with Gasteiger partial charge in [-0.25, -0.2) is 0 Å². The summed E-state index contributed by atoms with van der Waals surface area (Å²) in [7, 11) is -3.28. The van der Waals surface area contributed by atoms with E-state index in [1.165, 1.54) is 12.8 Å². The summed E-state index contributed by atoms with van der Waals surface area (Å²) in [6, 6.07) is 0. The van der Waals surface area contributed by atoms with Crippen molar-refractivity contribution in [1.82, 2.24) is 0 Å². The second-order valence-corrected chi connectivity index (χ2v) is 6.30. The molecule has 0 amide bonds. The molecule has 0 aromatic rings. The normalized spacial score (nSPS) is 14.1. The molecule has 3 nitrogen and oxygen atoms in total. The van der Waals surface area contributed by atoms with E-state index in [1.807, 2.05) is 0 Å². The second kappa shape index (κ2) is 13.1. The molecule has 0 aliphatic rings. The summed E-state index contributed by atoms with van der Waals surface area (Å²) in [6.07, 6.45) is 8.77. The third kappa shape index (κ3) is 14.6. The fourth-order valence-electron chi connectivity index (χ4n) is 1.54. The summed E-state index contributed by atoms with van der Waals surface area (Å²) in [5, 5.41) is 0. The molecule has 0 rings (SSSR count). The van der Waals surface area contributed by atoms with Crippen LogP contribution < -0.4 is 0 Å². The van der Waals surface area contributed by atoms with Gasteiger partial charge in [-0.3, -0.25) is 4.57 Å². The molecule has 0 aromatic carbocycles. The minimum atomic E-state index is -3.28. The Morgan fingerprint density at radius 1 is 0.941 bits per heavy atom. The molecule has 1 unspecified atom stereocenters. The van der Waals surface area contributed by atoms with Crippen molar-refractivity contribution < 1.29 is 31.3 Å². The van der Waals surface area contributed by atoms with Crippen LogP contribution >= 0.6 is 7.60 Å². The zero-order valence-corrected chi connectivity index (χ0v) is 13.4. The van der Waals surface area contributed by atoms with E-state index in [-0.39, 0.29) is 17.4 Å². The maximum absolute atomic E-state index is 11.5. The Bertz CT molecular complexity index is 200. The fourth-order valence-corrected chi connectivity index (χ4v) is 2.71. The van der Waals surface area contributed by atoms with E-state index in [9.17, 15) is 9.46 Å². The Balaban J connectivity index is 0. The SMILES string of the molecule is CCCCCCOP(=O)(O)CCCCCC.[Cr]. The summed E-state index contributed by atoms with van der Waals surface area (Å²) in [5.41, 5.74) is 0. The van der Waals surface area contributed by atoms with E-state index < -0.39 is 7.60 Å². The molecule has 0 radical (unpaired) electrons. The van der Waals surface area contributed by atoms with Gasteiger partial charge in [0, 0.05) is 23.5 Å². The van der Waals surface area contributed by atoms with Crippen LogP contribution in [0.1, 0.15) is 65.2 Å². The van der Waals surface area contributed by atoms with Gasteiger partial charge in [-0.1, -0.05) is 52.4 Å². The molecule has 0 fully saturated rings. The van der Waals surface area contributed by atoms with Gasteiger partial charge < -0.3 is 9.42 Å². The van der Waals surface area contributed by atoms with E-state index in [1.54, 1.807) is 0 Å². The molecule has 5 heteroatoms. The van der Waals surface area contributed by atoms with E-state index in [2.05, 4.69) is 13.8 Å². The van der Waals surface area contributed by atoms with Crippen molar-refractivity contribution >= 4 is 7.60 Å². The summed E-state index contributed by atoms with van der Waals surface area (Å²) in [4.78, 5) is 9.50. The number of unbranched alkanes of at least 4 members (excludes halogenated alkanes) is 6. The van der Waals surface area contributed by atoms with Gasteiger partial charge in [-0.2, -0.15) is 0 Å². The Morgan fingerprint density at radius 2 is 1.47 bits per heavy atom. The Labute approximate surface area is 117 Å². The quantitative estimate of drug-likeness (QED) is 0.456. The van der Waals surface area contributed by atoms with Gasteiger partial charge >= 0.3 is 7.60 Å². The average Bonchev–Trinajstić information content (AvgIpc) is 2.24. The van der Waals surface area contributed by atoms with Gasteiger partial charge in [0.05, 0.1) is 6.61 Å². The van der Waals surface area contributed by atoms with Crippen LogP contribution in [0.4, 0.5) is 0 Å². The molecule has 0 aliphatic carbocycles. The maximum Gasteiger partial charge on any atom is 0.328 e. The van der Waals surface area contributed by atoms with Crippen molar-refractivity contribution in [2.24, 2.45) is 0 Å². The van der Waals surface area contributed by atoms with Crippen molar-refractivity contribution in [2.45, 2.75) is 65.2 Å². The molecule has 0 aromatic heterocycles. The predicted octanol–water partition coefficient (Wildman–Crippen LogP) is 4.35. The van der Waals surface area contributed by atoms with Crippen molar-refractivity contribution in [2.75, 3.05) is 12.8 Å². The van der Waals surface area contributed by atoms with E-state index in [4.69, 9.17) is 4.52 Å². The minimum Gasteiger partial charge on any atom is -0.324 e. The molecule has 0 spiro atoms. The number of hydrogen-bond acceptors (Lipinski definition) is 2. The summed E-state index contributed by atoms with van der Waals surface area (Å²) >= 11 is 0. The first-order valence-electron chi connectivity index (χ1n) is 6.58. The smallest absolute Gasteiger partial charge is 0.324 e. The Morgan fingerprint density at radius 3 is 2.00 bits per heavy atom. The van der Waals surface area contributed by atoms with Crippen molar-refractivity contribution in [3.05, 3.63) is 0 Å². The van der Waals surface area contributed by atoms with Crippen LogP contribution in [0.15, 0.2) is 0 Å². The monoisotopic (exact) mass is 302 g/mol. The van der Waals surface area contributed by atoms with E-state index in [0.717, 1.165) is 38.5 Å². The molecular weight excluding hydrogens is 275 g/mol. The molecule has 17 heavy (non-hydrogen) atoms. The molecule has 104 valence electrons. The van der Waals surface area contributed by atoms with Gasteiger partial charge in [0.25, 0.3) is 0 Å². The van der Waals surface area contributed by atoms with Gasteiger partial charge in [-0.05, 0) is 12.8 Å². The molecule has 1 N–H and O–H groups in total. The summed E-state index contributed by atoms with van der Waals surface area (Å²) < 4.78 is 16.6.